The smallest absolute Gasteiger partial charge is 0.0101 e. The molecule has 164 valence electrons. The van der Waals surface area contributed by atoms with Gasteiger partial charge in [-0.3, -0.25) is 4.90 Å². The van der Waals surface area contributed by atoms with Crippen LogP contribution in [0.25, 0.3) is 0 Å². The fourth-order valence-corrected chi connectivity index (χ4v) is 6.62. The SMILES string of the molecule is C1CCCCC(N(C2CCCCCCCC2)C2CCCCCCC2)CCCC1. The second-order valence-electron chi connectivity index (χ2n) is 10.5. The summed E-state index contributed by atoms with van der Waals surface area (Å²) in [6.07, 6.45) is 36.0. The Kier molecular flexibility index (Phi) is 11.4. The van der Waals surface area contributed by atoms with Crippen LogP contribution in [0.5, 0.6) is 0 Å². The van der Waals surface area contributed by atoms with Crippen LogP contribution in [0.1, 0.15) is 154 Å². The molecular formula is C27H51N. The standard InChI is InChI=1S/C27H51N/c1-2-7-13-19-25(20-14-8-3-1)28(27-23-17-11-6-12-18-24-27)26-21-15-9-4-5-10-16-22-26/h25-27H,1-24H2. The maximum Gasteiger partial charge on any atom is 0.0101 e. The molecule has 0 aromatic rings. The number of nitrogens with zero attached hydrogens (tertiary/aromatic N) is 1. The summed E-state index contributed by atoms with van der Waals surface area (Å²) in [5, 5.41) is 0. The van der Waals surface area contributed by atoms with Crippen LogP contribution < -0.4 is 0 Å². The largest absolute Gasteiger partial charge is 0.294 e. The van der Waals surface area contributed by atoms with E-state index in [1.165, 1.54) is 154 Å². The Hall–Kier alpha value is -0.0400. The highest BCUT2D eigenvalue weighted by atomic mass is 15.2. The predicted octanol–water partition coefficient (Wildman–Crippen LogP) is 8.80. The highest BCUT2D eigenvalue weighted by Crippen LogP contribution is 2.33. The highest BCUT2D eigenvalue weighted by molar-refractivity contribution is 4.87. The lowest BCUT2D eigenvalue weighted by Crippen LogP contribution is -2.50. The molecule has 1 nitrogen and oxygen atoms in total. The Balaban J connectivity index is 1.73. The quantitative estimate of drug-likeness (QED) is 0.466. The van der Waals surface area contributed by atoms with Crippen LogP contribution >= 0.6 is 0 Å². The molecule has 3 fully saturated rings. The number of rotatable bonds is 3. The van der Waals surface area contributed by atoms with E-state index in [2.05, 4.69) is 4.90 Å². The van der Waals surface area contributed by atoms with Gasteiger partial charge in [-0.1, -0.05) is 116 Å². The van der Waals surface area contributed by atoms with Crippen LogP contribution in [0.3, 0.4) is 0 Å². The molecule has 28 heavy (non-hydrogen) atoms. The Morgan fingerprint density at radius 2 is 0.429 bits per heavy atom. The van der Waals surface area contributed by atoms with Gasteiger partial charge in [0.2, 0.25) is 0 Å². The molecule has 0 saturated heterocycles. The number of hydrogen-bond donors (Lipinski definition) is 0. The predicted molar refractivity (Wildman–Crippen MR) is 124 cm³/mol. The lowest BCUT2D eigenvalue weighted by Gasteiger charge is -2.45. The van der Waals surface area contributed by atoms with Gasteiger partial charge >= 0.3 is 0 Å². The van der Waals surface area contributed by atoms with Crippen molar-refractivity contribution in [3.63, 3.8) is 0 Å². The molecule has 0 heterocycles. The Morgan fingerprint density at radius 3 is 0.643 bits per heavy atom. The molecule has 3 rings (SSSR count). The molecule has 0 aromatic carbocycles. The summed E-state index contributed by atoms with van der Waals surface area (Å²) in [5.74, 6) is 0. The van der Waals surface area contributed by atoms with Gasteiger partial charge in [0.1, 0.15) is 0 Å². The van der Waals surface area contributed by atoms with Crippen LogP contribution in [0.2, 0.25) is 0 Å². The van der Waals surface area contributed by atoms with E-state index in [0.29, 0.717) is 0 Å². The maximum absolute atomic E-state index is 3.22. The lowest BCUT2D eigenvalue weighted by atomic mass is 9.88. The van der Waals surface area contributed by atoms with Gasteiger partial charge < -0.3 is 0 Å². The molecule has 3 aliphatic carbocycles. The summed E-state index contributed by atoms with van der Waals surface area (Å²) in [7, 11) is 0. The summed E-state index contributed by atoms with van der Waals surface area (Å²) in [4.78, 5) is 3.22. The fourth-order valence-electron chi connectivity index (χ4n) is 6.62. The minimum atomic E-state index is 0.910. The molecule has 1 heteroatoms. The first-order chi connectivity index (χ1) is 13.9. The third-order valence-corrected chi connectivity index (χ3v) is 8.24. The van der Waals surface area contributed by atoms with E-state index in [4.69, 9.17) is 0 Å². The zero-order chi connectivity index (χ0) is 19.3. The van der Waals surface area contributed by atoms with Crippen LogP contribution in [0, 0.1) is 0 Å². The van der Waals surface area contributed by atoms with E-state index in [0.717, 1.165) is 18.1 Å². The second-order valence-corrected chi connectivity index (χ2v) is 10.5. The average Bonchev–Trinajstić information content (AvgIpc) is 2.82. The molecule has 0 unspecified atom stereocenters. The van der Waals surface area contributed by atoms with Crippen LogP contribution in [-0.2, 0) is 0 Å². The average molecular weight is 390 g/mol. The van der Waals surface area contributed by atoms with Gasteiger partial charge in [-0.25, -0.2) is 0 Å². The summed E-state index contributed by atoms with van der Waals surface area (Å²) in [6.45, 7) is 0. The molecule has 0 aromatic heterocycles. The monoisotopic (exact) mass is 389 g/mol. The minimum absolute atomic E-state index is 0.910. The van der Waals surface area contributed by atoms with Gasteiger partial charge in [0.25, 0.3) is 0 Å². The van der Waals surface area contributed by atoms with Crippen molar-refractivity contribution in [2.75, 3.05) is 0 Å². The van der Waals surface area contributed by atoms with E-state index in [1.54, 1.807) is 0 Å². The molecule has 0 N–H and O–H groups in total. The zero-order valence-corrected chi connectivity index (χ0v) is 19.1. The molecule has 0 atom stereocenters. The van der Waals surface area contributed by atoms with Crippen molar-refractivity contribution in [1.82, 2.24) is 4.90 Å². The van der Waals surface area contributed by atoms with Gasteiger partial charge in [0, 0.05) is 18.1 Å². The van der Waals surface area contributed by atoms with Gasteiger partial charge in [-0.05, 0) is 38.5 Å². The van der Waals surface area contributed by atoms with Crippen molar-refractivity contribution >= 4 is 0 Å². The molecule has 0 radical (unpaired) electrons. The first-order valence-corrected chi connectivity index (χ1v) is 13.7. The molecule has 3 aliphatic rings. The summed E-state index contributed by atoms with van der Waals surface area (Å²) in [6, 6.07) is 2.74. The molecule has 0 spiro atoms. The van der Waals surface area contributed by atoms with E-state index in [9.17, 15) is 0 Å². The van der Waals surface area contributed by atoms with Crippen molar-refractivity contribution < 1.29 is 0 Å². The Labute approximate surface area is 177 Å². The van der Waals surface area contributed by atoms with E-state index < -0.39 is 0 Å². The van der Waals surface area contributed by atoms with E-state index in [-0.39, 0.29) is 0 Å². The van der Waals surface area contributed by atoms with Gasteiger partial charge in [0.05, 0.1) is 0 Å². The van der Waals surface area contributed by atoms with Crippen molar-refractivity contribution in [2.45, 2.75) is 172 Å². The molecule has 0 bridgehead atoms. The van der Waals surface area contributed by atoms with Crippen molar-refractivity contribution in [1.29, 1.82) is 0 Å². The highest BCUT2D eigenvalue weighted by Gasteiger charge is 2.32. The van der Waals surface area contributed by atoms with Crippen molar-refractivity contribution in [3.8, 4) is 0 Å². The topological polar surface area (TPSA) is 3.24 Å². The Morgan fingerprint density at radius 1 is 0.250 bits per heavy atom. The van der Waals surface area contributed by atoms with Crippen LogP contribution in [0.4, 0.5) is 0 Å². The van der Waals surface area contributed by atoms with Gasteiger partial charge in [-0.2, -0.15) is 0 Å². The molecule has 0 aliphatic heterocycles. The first-order valence-electron chi connectivity index (χ1n) is 13.7. The first kappa shape index (κ1) is 22.6. The van der Waals surface area contributed by atoms with E-state index in [1.807, 2.05) is 0 Å². The zero-order valence-electron chi connectivity index (χ0n) is 19.1. The minimum Gasteiger partial charge on any atom is -0.294 e. The van der Waals surface area contributed by atoms with Crippen LogP contribution in [-0.4, -0.2) is 23.0 Å². The van der Waals surface area contributed by atoms with Crippen LogP contribution in [0.15, 0.2) is 0 Å². The molecule has 3 saturated carbocycles. The van der Waals surface area contributed by atoms with Crippen molar-refractivity contribution in [2.24, 2.45) is 0 Å². The second kappa shape index (κ2) is 14.1. The third kappa shape index (κ3) is 8.00. The summed E-state index contributed by atoms with van der Waals surface area (Å²) < 4.78 is 0. The summed E-state index contributed by atoms with van der Waals surface area (Å²) >= 11 is 0. The van der Waals surface area contributed by atoms with E-state index >= 15 is 0 Å². The van der Waals surface area contributed by atoms with Gasteiger partial charge in [-0.15, -0.1) is 0 Å². The summed E-state index contributed by atoms with van der Waals surface area (Å²) in [5.41, 5.74) is 0. The lowest BCUT2D eigenvalue weighted by molar-refractivity contribution is 0.0393. The fraction of sp³-hybridized carbons (Fsp3) is 1.00. The van der Waals surface area contributed by atoms with Gasteiger partial charge in [0.15, 0.2) is 0 Å². The maximum atomic E-state index is 3.22. The molecule has 0 amide bonds. The normalized spacial score (nSPS) is 27.3. The number of hydrogen-bond acceptors (Lipinski definition) is 1. The molecular weight excluding hydrogens is 338 g/mol. The third-order valence-electron chi connectivity index (χ3n) is 8.24. The van der Waals surface area contributed by atoms with Crippen molar-refractivity contribution in [3.05, 3.63) is 0 Å². The Bertz CT molecular complexity index is 350.